The molecule has 0 spiro atoms. The van der Waals surface area contributed by atoms with Crippen LogP contribution in [0.2, 0.25) is 0 Å². The minimum atomic E-state index is -3.31. The van der Waals surface area contributed by atoms with Crippen LogP contribution in [0.25, 0.3) is 6.08 Å². The molecule has 1 aromatic rings. The van der Waals surface area contributed by atoms with Gasteiger partial charge in [0.25, 0.3) is 0 Å². The van der Waals surface area contributed by atoms with E-state index in [-0.39, 0.29) is 4.90 Å². The summed E-state index contributed by atoms with van der Waals surface area (Å²) in [5.41, 5.74) is 1.04. The van der Waals surface area contributed by atoms with E-state index in [1.807, 2.05) is 6.07 Å². The number of nitrogens with zero attached hydrogens (tertiary/aromatic N) is 1. The molecule has 0 aromatic heterocycles. The average molecular weight is 197 g/mol. The van der Waals surface area contributed by atoms with Gasteiger partial charge in [-0.05, 0) is 0 Å². The van der Waals surface area contributed by atoms with Crippen molar-refractivity contribution in [3.8, 4) is 6.07 Å². The van der Waals surface area contributed by atoms with Gasteiger partial charge in [-0.15, -0.1) is 0 Å². The van der Waals surface area contributed by atoms with Crippen LogP contribution in [0.15, 0.2) is 26.7 Å². The van der Waals surface area contributed by atoms with Crippen molar-refractivity contribution < 1.29 is 8.42 Å². The molecule has 0 unspecified atom stereocenters. The van der Waals surface area contributed by atoms with E-state index >= 15 is 0 Å². The molecule has 3 nitrogen and oxygen atoms in total. The molecule has 0 N–H and O–H groups in total. The Hall–Kier alpha value is -1.00. The number of sulfone groups is 1. The molecule has 2 rings (SSSR count). The summed E-state index contributed by atoms with van der Waals surface area (Å²) in [6.45, 7) is 0. The molecular weight excluding hydrogens is 193 g/mol. The van der Waals surface area contributed by atoms with Crippen LogP contribution in [-0.4, -0.2) is 26.1 Å². The van der Waals surface area contributed by atoms with Crippen molar-refractivity contribution in [3.63, 3.8) is 0 Å². The first-order valence-electron chi connectivity index (χ1n) is 4.03. The molecular formula is C9H4LiNO2S. The second-order valence-corrected chi connectivity index (χ2v) is 5.21. The van der Waals surface area contributed by atoms with E-state index in [0.29, 0.717) is 14.7 Å². The third kappa shape index (κ3) is 1.22. The first kappa shape index (κ1) is 9.55. The molecule has 0 aliphatic carbocycles. The summed E-state index contributed by atoms with van der Waals surface area (Å²) in [6.07, 6.45) is 1.62. The van der Waals surface area contributed by atoms with Gasteiger partial charge in [0.2, 0.25) is 0 Å². The number of rotatable bonds is 0. The number of benzene rings is 1. The predicted octanol–water partition coefficient (Wildman–Crippen LogP) is 0.812. The van der Waals surface area contributed by atoms with Crippen LogP contribution in [0, 0.1) is 11.3 Å². The number of hydrogen-bond acceptors (Lipinski definition) is 3. The molecule has 0 saturated carbocycles. The van der Waals surface area contributed by atoms with E-state index in [1.165, 1.54) is 6.07 Å². The number of hydrogen-bond donors (Lipinski definition) is 0. The van der Waals surface area contributed by atoms with Gasteiger partial charge in [-0.3, -0.25) is 0 Å². The summed E-state index contributed by atoms with van der Waals surface area (Å²) < 4.78 is 23.7. The third-order valence-corrected chi connectivity index (χ3v) is 4.11. The van der Waals surface area contributed by atoms with Crippen LogP contribution in [0.3, 0.4) is 0 Å². The summed E-state index contributed by atoms with van der Waals surface area (Å²) in [6, 6.07) is 6.61. The van der Waals surface area contributed by atoms with E-state index in [4.69, 9.17) is 5.26 Å². The van der Waals surface area contributed by atoms with Crippen LogP contribution in [0.5, 0.6) is 0 Å². The molecule has 0 radical (unpaired) electrons. The molecule has 1 aliphatic rings. The molecule has 0 fully saturated rings. The summed E-state index contributed by atoms with van der Waals surface area (Å²) in [7, 11) is -3.31. The van der Waals surface area contributed by atoms with Gasteiger partial charge in [-0.1, -0.05) is 0 Å². The molecule has 1 aromatic carbocycles. The molecule has 0 amide bonds. The fourth-order valence-corrected chi connectivity index (χ4v) is 2.77. The second kappa shape index (κ2) is 3.00. The molecule has 1 heterocycles. The quantitative estimate of drug-likeness (QED) is 0.578. The normalized spacial score (nSPS) is 17.1. The Morgan fingerprint density at radius 1 is 1.36 bits per heavy atom. The Bertz CT molecular complexity index is 581. The number of fused-ring (bicyclic) bond motifs is 1. The predicted molar refractivity (Wildman–Crippen MR) is 52.1 cm³/mol. The van der Waals surface area contributed by atoms with Gasteiger partial charge in [0.1, 0.15) is 0 Å². The fourth-order valence-electron chi connectivity index (χ4n) is 1.43. The monoisotopic (exact) mass is 197 g/mol. The zero-order valence-electron chi connectivity index (χ0n) is 7.48. The van der Waals surface area contributed by atoms with Crippen LogP contribution in [0.1, 0.15) is 11.1 Å². The second-order valence-electron chi connectivity index (χ2n) is 3.12. The summed E-state index contributed by atoms with van der Waals surface area (Å²) >= 11 is 1.56. The van der Waals surface area contributed by atoms with Gasteiger partial charge in [0.15, 0.2) is 0 Å². The molecule has 0 saturated heterocycles. The Labute approximate surface area is 91.2 Å². The van der Waals surface area contributed by atoms with Crippen LogP contribution in [0.4, 0.5) is 0 Å². The minimum absolute atomic E-state index is 0.244. The van der Waals surface area contributed by atoms with Crippen molar-refractivity contribution in [2.24, 2.45) is 0 Å². The third-order valence-electron chi connectivity index (χ3n) is 2.21. The first-order valence-corrected chi connectivity index (χ1v) is 5.51. The van der Waals surface area contributed by atoms with E-state index in [9.17, 15) is 8.42 Å². The summed E-state index contributed by atoms with van der Waals surface area (Å²) in [4.78, 5) is 0.244. The van der Waals surface area contributed by atoms with Gasteiger partial charge < -0.3 is 0 Å². The van der Waals surface area contributed by atoms with E-state index in [1.54, 1.807) is 35.9 Å². The SMILES string of the molecule is [Li][C]1=Cc2ccc(C#N)cc2S1(=O)=O. The summed E-state index contributed by atoms with van der Waals surface area (Å²) in [5, 5.41) is 8.64. The van der Waals surface area contributed by atoms with Crippen LogP contribution >= 0.6 is 0 Å². The first-order chi connectivity index (χ1) is 6.55. The van der Waals surface area contributed by atoms with E-state index in [2.05, 4.69) is 0 Å². The van der Waals surface area contributed by atoms with Crippen molar-refractivity contribution in [2.75, 3.05) is 0 Å². The topological polar surface area (TPSA) is 57.9 Å². The molecule has 14 heavy (non-hydrogen) atoms. The number of nitriles is 1. The molecule has 0 atom stereocenters. The van der Waals surface area contributed by atoms with Crippen molar-refractivity contribution in [1.82, 2.24) is 0 Å². The standard InChI is InChI=1S/C9H4NO2S.Li/c10-6-7-1-2-8-3-4-13(11,12)9(8)5-7;/h1-3,5H;. The zero-order valence-corrected chi connectivity index (χ0v) is 8.30. The molecule has 5 heteroatoms. The Kier molecular flexibility index (Phi) is 2.05. The van der Waals surface area contributed by atoms with Gasteiger partial charge in [0.05, 0.1) is 0 Å². The Morgan fingerprint density at radius 3 is 2.71 bits per heavy atom. The van der Waals surface area contributed by atoms with Crippen molar-refractivity contribution in [3.05, 3.63) is 32.9 Å². The van der Waals surface area contributed by atoms with Crippen LogP contribution < -0.4 is 0 Å². The zero-order chi connectivity index (χ0) is 10.3. The van der Waals surface area contributed by atoms with Crippen molar-refractivity contribution in [1.29, 1.82) is 5.26 Å². The maximum atomic E-state index is 11.7. The average Bonchev–Trinajstić information content (AvgIpc) is 2.38. The van der Waals surface area contributed by atoms with Gasteiger partial charge in [-0.2, -0.15) is 0 Å². The van der Waals surface area contributed by atoms with Crippen molar-refractivity contribution >= 4 is 33.6 Å². The molecule has 0 bridgehead atoms. The van der Waals surface area contributed by atoms with Gasteiger partial charge in [-0.25, -0.2) is 0 Å². The molecule has 1 aliphatic heterocycles. The van der Waals surface area contributed by atoms with Gasteiger partial charge in [0, 0.05) is 0 Å². The van der Waals surface area contributed by atoms with E-state index < -0.39 is 9.84 Å². The van der Waals surface area contributed by atoms with Crippen LogP contribution in [-0.2, 0) is 9.84 Å². The Morgan fingerprint density at radius 2 is 2.07 bits per heavy atom. The maximum absolute atomic E-state index is 11.7. The van der Waals surface area contributed by atoms with Gasteiger partial charge >= 0.3 is 91.2 Å². The fraction of sp³-hybridized carbons (Fsp3) is 0. The Balaban J connectivity index is 2.78. The molecule has 64 valence electrons. The summed E-state index contributed by atoms with van der Waals surface area (Å²) in [5.74, 6) is 0. The van der Waals surface area contributed by atoms with Crippen molar-refractivity contribution in [2.45, 2.75) is 4.90 Å². The van der Waals surface area contributed by atoms with E-state index in [0.717, 1.165) is 0 Å².